The van der Waals surface area contributed by atoms with E-state index in [2.05, 4.69) is 31.8 Å². The van der Waals surface area contributed by atoms with E-state index < -0.39 is 11.8 Å². The van der Waals surface area contributed by atoms with Crippen molar-refractivity contribution in [2.24, 2.45) is 5.10 Å². The topological polar surface area (TPSA) is 100 Å². The van der Waals surface area contributed by atoms with Crippen LogP contribution in [-0.2, 0) is 9.59 Å². The van der Waals surface area contributed by atoms with Gasteiger partial charge in [0.15, 0.2) is 11.5 Å². The lowest BCUT2D eigenvalue weighted by atomic mass is 10.2. The average Bonchev–Trinajstić information content (AvgIpc) is 2.58. The molecule has 0 spiro atoms. The second kappa shape index (κ2) is 8.84. The molecule has 2 aromatic rings. The number of carbonyl (C=O) groups excluding carboxylic acids is 2. The number of ether oxygens (including phenoxy) is 1. The smallest absolute Gasteiger partial charge is 0.249 e. The minimum absolute atomic E-state index is 0.0266. The maximum Gasteiger partial charge on any atom is 0.249 e. The second-order valence-electron chi connectivity index (χ2n) is 4.94. The quantitative estimate of drug-likeness (QED) is 0.390. The third-order valence-electron chi connectivity index (χ3n) is 3.05. The van der Waals surface area contributed by atoms with Crippen molar-refractivity contribution in [2.75, 3.05) is 12.4 Å². The Labute approximate surface area is 152 Å². The summed E-state index contributed by atoms with van der Waals surface area (Å²) in [4.78, 5) is 23.5. The van der Waals surface area contributed by atoms with Gasteiger partial charge in [0.05, 0.1) is 17.8 Å². The molecule has 0 unspecified atom stereocenters. The van der Waals surface area contributed by atoms with E-state index in [1.807, 2.05) is 6.07 Å². The third-order valence-corrected chi connectivity index (χ3v) is 3.66. The maximum atomic E-state index is 11.7. The van der Waals surface area contributed by atoms with Gasteiger partial charge < -0.3 is 15.2 Å². The highest BCUT2D eigenvalue weighted by molar-refractivity contribution is 9.10. The number of nitrogens with one attached hydrogen (secondary N) is 2. The van der Waals surface area contributed by atoms with E-state index in [1.165, 1.54) is 13.3 Å². The zero-order chi connectivity index (χ0) is 18.2. The van der Waals surface area contributed by atoms with Crippen LogP contribution in [0.5, 0.6) is 11.5 Å². The minimum Gasteiger partial charge on any atom is -0.503 e. The van der Waals surface area contributed by atoms with E-state index in [0.717, 1.165) is 0 Å². The Morgan fingerprint density at radius 3 is 2.64 bits per heavy atom. The van der Waals surface area contributed by atoms with Gasteiger partial charge in [0.25, 0.3) is 0 Å². The lowest BCUT2D eigenvalue weighted by molar-refractivity contribution is -0.126. The Kier molecular flexibility index (Phi) is 6.53. The Morgan fingerprint density at radius 2 is 1.96 bits per heavy atom. The van der Waals surface area contributed by atoms with E-state index in [4.69, 9.17) is 4.74 Å². The number of phenols is 1. The Balaban J connectivity index is 1.88. The third kappa shape index (κ3) is 5.61. The molecular weight excluding hydrogens is 390 g/mol. The Bertz CT molecular complexity index is 794. The van der Waals surface area contributed by atoms with Gasteiger partial charge in [0.1, 0.15) is 6.42 Å². The number of aromatic hydroxyl groups is 1. The molecule has 2 amide bonds. The molecule has 0 aromatic heterocycles. The van der Waals surface area contributed by atoms with Crippen molar-refractivity contribution in [2.45, 2.75) is 6.42 Å². The number of para-hydroxylation sites is 1. The second-order valence-corrected chi connectivity index (χ2v) is 5.79. The predicted molar refractivity (Wildman–Crippen MR) is 97.8 cm³/mol. The van der Waals surface area contributed by atoms with Crippen molar-refractivity contribution in [1.82, 2.24) is 5.43 Å². The number of rotatable bonds is 6. The van der Waals surface area contributed by atoms with Crippen molar-refractivity contribution >= 4 is 39.6 Å². The van der Waals surface area contributed by atoms with Gasteiger partial charge in [0.2, 0.25) is 11.8 Å². The number of methoxy groups -OCH3 is 1. The van der Waals surface area contributed by atoms with Gasteiger partial charge in [-0.05, 0) is 45.8 Å². The first kappa shape index (κ1) is 18.5. The SMILES string of the molecule is COc1cc(/C=N/NC(=O)CC(=O)Nc2ccccc2)cc(Br)c1O. The highest BCUT2D eigenvalue weighted by Gasteiger charge is 2.09. The van der Waals surface area contributed by atoms with Crippen LogP contribution < -0.4 is 15.5 Å². The highest BCUT2D eigenvalue weighted by Crippen LogP contribution is 2.34. The summed E-state index contributed by atoms with van der Waals surface area (Å²) >= 11 is 3.19. The molecule has 0 heterocycles. The number of hydrazone groups is 1. The number of anilines is 1. The fourth-order valence-corrected chi connectivity index (χ4v) is 2.37. The van der Waals surface area contributed by atoms with Crippen molar-refractivity contribution in [3.8, 4) is 11.5 Å². The molecule has 0 aliphatic carbocycles. The fraction of sp³-hybridized carbons (Fsp3) is 0.118. The number of carbonyl (C=O) groups is 2. The first-order valence-corrected chi connectivity index (χ1v) is 8.02. The molecule has 0 fully saturated rings. The molecule has 7 nitrogen and oxygen atoms in total. The lowest BCUT2D eigenvalue weighted by Crippen LogP contribution is -2.24. The Hall–Kier alpha value is -2.87. The summed E-state index contributed by atoms with van der Waals surface area (Å²) in [5.41, 5.74) is 3.48. The number of benzene rings is 2. The first-order chi connectivity index (χ1) is 12.0. The van der Waals surface area contributed by atoms with E-state index in [9.17, 15) is 14.7 Å². The van der Waals surface area contributed by atoms with Crippen molar-refractivity contribution < 1.29 is 19.4 Å². The molecule has 0 aliphatic rings. The van der Waals surface area contributed by atoms with Crippen LogP contribution in [0, 0.1) is 0 Å². The van der Waals surface area contributed by atoms with Crippen molar-refractivity contribution in [3.05, 3.63) is 52.5 Å². The van der Waals surface area contributed by atoms with Crippen LogP contribution >= 0.6 is 15.9 Å². The summed E-state index contributed by atoms with van der Waals surface area (Å²) in [5, 5.41) is 16.1. The zero-order valence-electron chi connectivity index (χ0n) is 13.3. The summed E-state index contributed by atoms with van der Waals surface area (Å²) in [6.07, 6.45) is 1.02. The normalized spacial score (nSPS) is 10.5. The first-order valence-electron chi connectivity index (χ1n) is 7.23. The van der Waals surface area contributed by atoms with Gasteiger partial charge in [-0.25, -0.2) is 5.43 Å². The number of hydrogen-bond acceptors (Lipinski definition) is 5. The molecule has 0 aliphatic heterocycles. The minimum atomic E-state index is -0.547. The molecule has 0 bridgehead atoms. The van der Waals surface area contributed by atoms with E-state index in [-0.39, 0.29) is 17.9 Å². The summed E-state index contributed by atoms with van der Waals surface area (Å²) in [6.45, 7) is 0. The van der Waals surface area contributed by atoms with Gasteiger partial charge in [-0.3, -0.25) is 9.59 Å². The van der Waals surface area contributed by atoms with Crippen LogP contribution in [0.15, 0.2) is 52.0 Å². The van der Waals surface area contributed by atoms with Crippen LogP contribution in [0.2, 0.25) is 0 Å². The molecule has 2 aromatic carbocycles. The van der Waals surface area contributed by atoms with Gasteiger partial charge in [-0.2, -0.15) is 5.10 Å². The van der Waals surface area contributed by atoms with Crippen molar-refractivity contribution in [1.29, 1.82) is 0 Å². The fourth-order valence-electron chi connectivity index (χ4n) is 1.91. The molecule has 8 heteroatoms. The monoisotopic (exact) mass is 405 g/mol. The number of amides is 2. The molecule has 0 saturated carbocycles. The lowest BCUT2D eigenvalue weighted by Gasteiger charge is -2.06. The molecular formula is C17H16BrN3O4. The maximum absolute atomic E-state index is 11.7. The van der Waals surface area contributed by atoms with Crippen LogP contribution in [0.25, 0.3) is 0 Å². The standard InChI is InChI=1S/C17H16BrN3O4/c1-25-14-8-11(7-13(18)17(14)24)10-19-21-16(23)9-15(22)20-12-5-3-2-4-6-12/h2-8,10,24H,9H2,1H3,(H,20,22)(H,21,23)/b19-10+. The van der Waals surface area contributed by atoms with Crippen LogP contribution in [0.3, 0.4) is 0 Å². The summed E-state index contributed by atoms with van der Waals surface area (Å²) < 4.78 is 5.45. The number of hydrogen-bond donors (Lipinski definition) is 3. The predicted octanol–water partition coefficient (Wildman–Crippen LogP) is 2.64. The molecule has 2 rings (SSSR count). The van der Waals surface area contributed by atoms with E-state index in [0.29, 0.717) is 15.7 Å². The van der Waals surface area contributed by atoms with Gasteiger partial charge in [-0.15, -0.1) is 0 Å². The summed E-state index contributed by atoms with van der Waals surface area (Å²) in [7, 11) is 1.43. The van der Waals surface area contributed by atoms with Crippen LogP contribution in [0.1, 0.15) is 12.0 Å². The van der Waals surface area contributed by atoms with Gasteiger partial charge in [-0.1, -0.05) is 18.2 Å². The van der Waals surface area contributed by atoms with E-state index in [1.54, 1.807) is 36.4 Å². The summed E-state index contributed by atoms with van der Waals surface area (Å²) in [6, 6.07) is 12.0. The van der Waals surface area contributed by atoms with Crippen LogP contribution in [0.4, 0.5) is 5.69 Å². The molecule has 25 heavy (non-hydrogen) atoms. The Morgan fingerprint density at radius 1 is 1.24 bits per heavy atom. The molecule has 0 saturated heterocycles. The largest absolute Gasteiger partial charge is 0.503 e. The molecule has 0 radical (unpaired) electrons. The number of phenolic OH excluding ortho intramolecular Hbond substituents is 1. The van der Waals surface area contributed by atoms with Crippen molar-refractivity contribution in [3.63, 3.8) is 0 Å². The highest BCUT2D eigenvalue weighted by atomic mass is 79.9. The van der Waals surface area contributed by atoms with Crippen LogP contribution in [-0.4, -0.2) is 30.2 Å². The molecule has 3 N–H and O–H groups in total. The number of nitrogens with zero attached hydrogens (tertiary/aromatic N) is 1. The zero-order valence-corrected chi connectivity index (χ0v) is 14.9. The molecule has 0 atom stereocenters. The van der Waals surface area contributed by atoms with Gasteiger partial charge >= 0.3 is 0 Å². The number of halogens is 1. The molecule has 130 valence electrons. The van der Waals surface area contributed by atoms with E-state index >= 15 is 0 Å². The van der Waals surface area contributed by atoms with Gasteiger partial charge in [0, 0.05) is 5.69 Å². The average molecular weight is 406 g/mol. The summed E-state index contributed by atoms with van der Waals surface area (Å²) in [5.74, 6) is -0.743.